The second-order valence-corrected chi connectivity index (χ2v) is 6.20. The lowest BCUT2D eigenvalue weighted by molar-refractivity contribution is 0.0990. The summed E-state index contributed by atoms with van der Waals surface area (Å²) in [5, 5.41) is 9.23. The maximum atomic E-state index is 13.0. The van der Waals surface area contributed by atoms with Crippen LogP contribution in [0.1, 0.15) is 15.9 Å². The number of aromatic nitrogens is 2. The number of aliphatic hydroxyl groups excluding tert-OH is 1. The molecule has 1 amide bonds. The molecule has 1 aromatic carbocycles. The molecule has 28 heavy (non-hydrogen) atoms. The number of carbonyl (C=O) groups excluding carboxylic acids is 1. The minimum atomic E-state index is -0.367. The number of nitrogen functional groups attached to an aromatic ring is 1. The zero-order valence-corrected chi connectivity index (χ0v) is 15.6. The number of aliphatic imine (C=N–C) groups is 1. The van der Waals surface area contributed by atoms with Crippen molar-refractivity contribution in [1.29, 1.82) is 0 Å². The molecule has 2 heterocycles. The Bertz CT molecular complexity index is 947. The molecule has 9 nitrogen and oxygen atoms in total. The summed E-state index contributed by atoms with van der Waals surface area (Å²) in [6, 6.07) is 5.14. The second kappa shape index (κ2) is 8.68. The minimum Gasteiger partial charge on any atom is -0.475 e. The molecule has 0 saturated heterocycles. The average Bonchev–Trinajstić information content (AvgIpc) is 2.85. The van der Waals surface area contributed by atoms with E-state index in [4.69, 9.17) is 32.9 Å². The average molecular weight is 403 g/mol. The predicted molar refractivity (Wildman–Crippen MR) is 108 cm³/mol. The molecule has 1 aliphatic rings. The Hall–Kier alpha value is -3.17. The van der Waals surface area contributed by atoms with Crippen LogP contribution in [0.15, 0.2) is 35.7 Å². The van der Waals surface area contributed by atoms with Crippen molar-refractivity contribution in [3.8, 4) is 5.88 Å². The van der Waals surface area contributed by atoms with Crippen LogP contribution in [0.5, 0.6) is 5.88 Å². The predicted octanol–water partition coefficient (Wildman–Crippen LogP) is 1.11. The van der Waals surface area contributed by atoms with Crippen LogP contribution in [0.3, 0.4) is 0 Å². The van der Waals surface area contributed by atoms with Gasteiger partial charge in [-0.05, 0) is 12.1 Å². The molecule has 0 bridgehead atoms. The standard InChI is InChI=1S/C18H19ClN6O3/c19-14-7-12(1-2-13(14)11(8-20)9-22-3-5-26)25-4-6-28-17-15(18(25)27)16(21)23-10-24-17/h1-2,7-10,26H,3-6,20H2,(H2,21,23,24). The number of nitrogens with two attached hydrogens (primary N) is 2. The third-order valence-corrected chi connectivity index (χ3v) is 4.38. The largest absolute Gasteiger partial charge is 0.475 e. The molecule has 0 unspecified atom stereocenters. The van der Waals surface area contributed by atoms with Gasteiger partial charge in [0, 0.05) is 29.2 Å². The fourth-order valence-electron chi connectivity index (χ4n) is 2.74. The summed E-state index contributed by atoms with van der Waals surface area (Å²) in [4.78, 5) is 26.4. The lowest BCUT2D eigenvalue weighted by atomic mass is 10.1. The Labute approximate surface area is 166 Å². The van der Waals surface area contributed by atoms with E-state index in [1.54, 1.807) is 18.2 Å². The topological polar surface area (TPSA) is 140 Å². The summed E-state index contributed by atoms with van der Waals surface area (Å²) in [5.74, 6) is -0.150. The highest BCUT2D eigenvalue weighted by atomic mass is 35.5. The molecule has 2 aromatic rings. The van der Waals surface area contributed by atoms with Gasteiger partial charge in [0.1, 0.15) is 24.3 Å². The van der Waals surface area contributed by atoms with E-state index in [0.29, 0.717) is 28.4 Å². The molecular weight excluding hydrogens is 384 g/mol. The summed E-state index contributed by atoms with van der Waals surface area (Å²) in [6.45, 7) is 0.741. The van der Waals surface area contributed by atoms with Crippen LogP contribution in [0.2, 0.25) is 5.02 Å². The highest BCUT2D eigenvalue weighted by Gasteiger charge is 2.29. The van der Waals surface area contributed by atoms with Crippen molar-refractivity contribution in [1.82, 2.24) is 9.97 Å². The molecule has 3 rings (SSSR count). The van der Waals surface area contributed by atoms with E-state index in [1.807, 2.05) is 0 Å². The van der Waals surface area contributed by atoms with E-state index < -0.39 is 0 Å². The van der Waals surface area contributed by atoms with Gasteiger partial charge in [-0.1, -0.05) is 17.7 Å². The van der Waals surface area contributed by atoms with Crippen molar-refractivity contribution in [3.63, 3.8) is 0 Å². The molecule has 0 saturated carbocycles. The zero-order chi connectivity index (χ0) is 20.1. The van der Waals surface area contributed by atoms with E-state index in [-0.39, 0.29) is 42.9 Å². The first-order chi connectivity index (χ1) is 13.6. The maximum Gasteiger partial charge on any atom is 0.267 e. The Morgan fingerprint density at radius 1 is 1.43 bits per heavy atom. The lowest BCUT2D eigenvalue weighted by Gasteiger charge is -2.21. The summed E-state index contributed by atoms with van der Waals surface area (Å²) in [7, 11) is 0. The summed E-state index contributed by atoms with van der Waals surface area (Å²) in [6.07, 6.45) is 4.17. The van der Waals surface area contributed by atoms with Crippen LogP contribution in [0.25, 0.3) is 5.57 Å². The van der Waals surface area contributed by atoms with Crippen molar-refractivity contribution >= 4 is 40.8 Å². The first-order valence-electron chi connectivity index (χ1n) is 8.44. The number of halogens is 1. The van der Waals surface area contributed by atoms with Gasteiger partial charge in [-0.2, -0.15) is 0 Å². The van der Waals surface area contributed by atoms with E-state index in [9.17, 15) is 4.79 Å². The number of allylic oxidation sites excluding steroid dienone is 1. The van der Waals surface area contributed by atoms with Gasteiger partial charge in [0.15, 0.2) is 0 Å². The van der Waals surface area contributed by atoms with E-state index >= 15 is 0 Å². The SMILES string of the molecule is NC=C(C=NCCO)c1ccc(N2CCOc3ncnc(N)c3C2=O)cc1Cl. The number of aliphatic hydroxyl groups is 1. The number of hydrogen-bond donors (Lipinski definition) is 3. The van der Waals surface area contributed by atoms with Crippen LogP contribution < -0.4 is 21.1 Å². The van der Waals surface area contributed by atoms with Gasteiger partial charge in [-0.3, -0.25) is 9.79 Å². The molecule has 1 aliphatic heterocycles. The third-order valence-electron chi connectivity index (χ3n) is 4.07. The van der Waals surface area contributed by atoms with Gasteiger partial charge < -0.3 is 26.2 Å². The number of benzene rings is 1. The first-order valence-corrected chi connectivity index (χ1v) is 8.82. The van der Waals surface area contributed by atoms with Gasteiger partial charge in [0.05, 0.1) is 24.7 Å². The van der Waals surface area contributed by atoms with E-state index in [2.05, 4.69) is 15.0 Å². The summed E-state index contributed by atoms with van der Waals surface area (Å²) in [5.41, 5.74) is 13.5. The molecule has 0 aliphatic carbocycles. The van der Waals surface area contributed by atoms with Crippen LogP contribution in [-0.4, -0.2) is 53.5 Å². The van der Waals surface area contributed by atoms with Crippen molar-refractivity contribution in [2.45, 2.75) is 0 Å². The number of ether oxygens (including phenoxy) is 1. The summed E-state index contributed by atoms with van der Waals surface area (Å²) >= 11 is 6.43. The van der Waals surface area contributed by atoms with Gasteiger partial charge in [-0.25, -0.2) is 9.97 Å². The number of carbonyl (C=O) groups is 1. The molecule has 1 aromatic heterocycles. The molecular formula is C18H19ClN6O3. The molecule has 0 radical (unpaired) electrons. The number of fused-ring (bicyclic) bond motifs is 1. The first kappa shape index (κ1) is 19.6. The number of anilines is 2. The van der Waals surface area contributed by atoms with Gasteiger partial charge in [0.25, 0.3) is 5.91 Å². The van der Waals surface area contributed by atoms with Crippen LogP contribution in [0.4, 0.5) is 11.5 Å². The maximum absolute atomic E-state index is 13.0. The fraction of sp³-hybridized carbons (Fsp3) is 0.222. The van der Waals surface area contributed by atoms with E-state index in [1.165, 1.54) is 23.6 Å². The van der Waals surface area contributed by atoms with Gasteiger partial charge >= 0.3 is 0 Å². The molecule has 0 fully saturated rings. The van der Waals surface area contributed by atoms with Crippen LogP contribution in [-0.2, 0) is 0 Å². The Morgan fingerprint density at radius 3 is 2.96 bits per heavy atom. The molecule has 10 heteroatoms. The van der Waals surface area contributed by atoms with Gasteiger partial charge in [0.2, 0.25) is 5.88 Å². The van der Waals surface area contributed by atoms with Crippen molar-refractivity contribution < 1.29 is 14.6 Å². The Balaban J connectivity index is 1.93. The fourth-order valence-corrected chi connectivity index (χ4v) is 3.02. The van der Waals surface area contributed by atoms with Crippen molar-refractivity contribution in [2.24, 2.45) is 10.7 Å². The van der Waals surface area contributed by atoms with Crippen molar-refractivity contribution in [2.75, 3.05) is 36.9 Å². The highest BCUT2D eigenvalue weighted by molar-refractivity contribution is 6.34. The normalized spacial score (nSPS) is 14.7. The highest BCUT2D eigenvalue weighted by Crippen LogP contribution is 2.31. The lowest BCUT2D eigenvalue weighted by Crippen LogP contribution is -2.32. The number of nitrogens with zero attached hydrogens (tertiary/aromatic N) is 4. The second-order valence-electron chi connectivity index (χ2n) is 5.79. The quantitative estimate of drug-likeness (QED) is 0.636. The number of rotatable bonds is 5. The summed E-state index contributed by atoms with van der Waals surface area (Å²) < 4.78 is 5.53. The van der Waals surface area contributed by atoms with E-state index in [0.717, 1.165) is 0 Å². The zero-order valence-electron chi connectivity index (χ0n) is 14.9. The Kier molecular flexibility index (Phi) is 6.07. The van der Waals surface area contributed by atoms with Gasteiger partial charge in [-0.15, -0.1) is 0 Å². The molecule has 5 N–H and O–H groups in total. The monoisotopic (exact) mass is 402 g/mol. The minimum absolute atomic E-state index is 0.0538. The molecule has 0 spiro atoms. The van der Waals surface area contributed by atoms with Crippen LogP contribution in [0, 0.1) is 0 Å². The number of amides is 1. The smallest absolute Gasteiger partial charge is 0.267 e. The third kappa shape index (κ3) is 3.90. The Morgan fingerprint density at radius 2 is 2.25 bits per heavy atom. The number of hydrogen-bond acceptors (Lipinski definition) is 8. The molecule has 146 valence electrons. The van der Waals surface area contributed by atoms with Crippen LogP contribution >= 0.6 is 11.6 Å². The van der Waals surface area contributed by atoms with Crippen molar-refractivity contribution in [3.05, 3.63) is 46.9 Å². The molecule has 0 atom stereocenters.